The van der Waals surface area contributed by atoms with Crippen LogP contribution in [0.25, 0.3) is 0 Å². The molecule has 0 bridgehead atoms. The first-order valence-electron chi connectivity index (χ1n) is 7.84. The number of carbonyl (C=O) groups excluding carboxylic acids is 1. The first-order valence-corrected chi connectivity index (χ1v) is 8.22. The number of aryl methyl sites for hydroxylation is 1. The van der Waals surface area contributed by atoms with Crippen molar-refractivity contribution in [3.63, 3.8) is 0 Å². The van der Waals surface area contributed by atoms with E-state index in [1.165, 1.54) is 0 Å². The molecule has 1 N–H and O–H groups in total. The fourth-order valence-corrected chi connectivity index (χ4v) is 2.57. The molecule has 0 aliphatic carbocycles. The lowest BCUT2D eigenvalue weighted by molar-refractivity contribution is -0.123. The van der Waals surface area contributed by atoms with E-state index >= 15 is 0 Å². The van der Waals surface area contributed by atoms with E-state index in [2.05, 4.69) is 22.3 Å². The van der Waals surface area contributed by atoms with Crippen molar-refractivity contribution in [2.24, 2.45) is 0 Å². The van der Waals surface area contributed by atoms with Crippen molar-refractivity contribution in [1.82, 2.24) is 10.2 Å². The van der Waals surface area contributed by atoms with Crippen LogP contribution in [0.4, 0.5) is 0 Å². The summed E-state index contributed by atoms with van der Waals surface area (Å²) in [6, 6.07) is 15.7. The molecule has 24 heavy (non-hydrogen) atoms. The van der Waals surface area contributed by atoms with E-state index in [1.807, 2.05) is 51.4 Å². The summed E-state index contributed by atoms with van der Waals surface area (Å²) in [7, 11) is 3.99. The van der Waals surface area contributed by atoms with Crippen LogP contribution in [-0.2, 0) is 4.79 Å². The molecule has 0 saturated carbocycles. The number of nitrogens with zero attached hydrogens (tertiary/aromatic N) is 1. The largest absolute Gasteiger partial charge is 0.482 e. The highest BCUT2D eigenvalue weighted by Crippen LogP contribution is 2.25. The zero-order chi connectivity index (χ0) is 17.5. The lowest BCUT2D eigenvalue weighted by atomic mass is 10.1. The van der Waals surface area contributed by atoms with Gasteiger partial charge in [-0.15, -0.1) is 0 Å². The minimum Gasteiger partial charge on any atom is -0.482 e. The number of hydrogen-bond acceptors (Lipinski definition) is 3. The van der Waals surface area contributed by atoms with Crippen LogP contribution in [0, 0.1) is 6.92 Å². The second-order valence-corrected chi connectivity index (χ2v) is 6.32. The number of hydrogen-bond donors (Lipinski definition) is 1. The van der Waals surface area contributed by atoms with E-state index < -0.39 is 0 Å². The highest BCUT2D eigenvalue weighted by atomic mass is 35.5. The van der Waals surface area contributed by atoms with Crippen molar-refractivity contribution < 1.29 is 9.53 Å². The molecule has 0 radical (unpaired) electrons. The zero-order valence-corrected chi connectivity index (χ0v) is 15.0. The summed E-state index contributed by atoms with van der Waals surface area (Å²) in [5.41, 5.74) is 2.19. The number of likely N-dealkylation sites (N-methyl/N-ethyl adjacent to an activating group) is 1. The van der Waals surface area contributed by atoms with Crippen molar-refractivity contribution >= 4 is 17.5 Å². The van der Waals surface area contributed by atoms with Crippen LogP contribution in [0.3, 0.4) is 0 Å². The van der Waals surface area contributed by atoms with Gasteiger partial charge in [0.15, 0.2) is 6.61 Å². The topological polar surface area (TPSA) is 41.6 Å². The maximum atomic E-state index is 12.1. The Bertz CT molecular complexity index is 674. The van der Waals surface area contributed by atoms with Gasteiger partial charge in [0, 0.05) is 6.54 Å². The minimum atomic E-state index is -0.171. The summed E-state index contributed by atoms with van der Waals surface area (Å²) < 4.78 is 5.52. The molecule has 128 valence electrons. The normalized spacial score (nSPS) is 12.0. The van der Waals surface area contributed by atoms with Crippen LogP contribution in [0.2, 0.25) is 5.02 Å². The Morgan fingerprint density at radius 2 is 1.92 bits per heavy atom. The molecule has 1 amide bonds. The molecule has 5 heteroatoms. The number of carbonyl (C=O) groups is 1. The molecule has 2 aromatic carbocycles. The van der Waals surface area contributed by atoms with Gasteiger partial charge in [0.25, 0.3) is 5.91 Å². The third-order valence-electron chi connectivity index (χ3n) is 3.75. The van der Waals surface area contributed by atoms with Gasteiger partial charge in [0.1, 0.15) is 5.75 Å². The SMILES string of the molecule is Cc1ccc(Cl)c(OCC(=O)NCC(c2ccccc2)N(C)C)c1. The molecular formula is C19H23ClN2O2. The third kappa shape index (κ3) is 5.25. The number of amides is 1. The molecule has 4 nitrogen and oxygen atoms in total. The first kappa shape index (κ1) is 18.3. The van der Waals surface area contributed by atoms with Crippen molar-refractivity contribution in [2.75, 3.05) is 27.2 Å². The molecule has 2 rings (SSSR count). The van der Waals surface area contributed by atoms with Crippen LogP contribution in [0.15, 0.2) is 48.5 Å². The molecular weight excluding hydrogens is 324 g/mol. The Hall–Kier alpha value is -2.04. The fraction of sp³-hybridized carbons (Fsp3) is 0.316. The lowest BCUT2D eigenvalue weighted by Crippen LogP contribution is -2.36. The Labute approximate surface area is 148 Å². The Morgan fingerprint density at radius 3 is 2.58 bits per heavy atom. The predicted octanol–water partition coefficient (Wildman–Crippen LogP) is 3.45. The highest BCUT2D eigenvalue weighted by molar-refractivity contribution is 6.32. The van der Waals surface area contributed by atoms with Gasteiger partial charge in [-0.05, 0) is 44.3 Å². The van der Waals surface area contributed by atoms with Gasteiger partial charge in [0.2, 0.25) is 0 Å². The molecule has 0 aliphatic rings. The van der Waals surface area contributed by atoms with E-state index in [1.54, 1.807) is 6.07 Å². The van der Waals surface area contributed by atoms with Gasteiger partial charge < -0.3 is 15.0 Å². The van der Waals surface area contributed by atoms with Crippen LogP contribution >= 0.6 is 11.6 Å². The minimum absolute atomic E-state index is 0.0574. The highest BCUT2D eigenvalue weighted by Gasteiger charge is 2.15. The smallest absolute Gasteiger partial charge is 0.258 e. The van der Waals surface area contributed by atoms with Gasteiger partial charge in [0.05, 0.1) is 11.1 Å². The average molecular weight is 347 g/mol. The van der Waals surface area contributed by atoms with Crippen LogP contribution in [0.1, 0.15) is 17.2 Å². The monoisotopic (exact) mass is 346 g/mol. The maximum Gasteiger partial charge on any atom is 0.258 e. The second-order valence-electron chi connectivity index (χ2n) is 5.92. The molecule has 0 heterocycles. The number of nitrogens with one attached hydrogen (secondary N) is 1. The van der Waals surface area contributed by atoms with Gasteiger partial charge in [-0.25, -0.2) is 0 Å². The van der Waals surface area contributed by atoms with Crippen molar-refractivity contribution in [3.05, 3.63) is 64.7 Å². The van der Waals surface area contributed by atoms with Crippen molar-refractivity contribution in [1.29, 1.82) is 0 Å². The molecule has 0 fully saturated rings. The number of ether oxygens (including phenoxy) is 1. The van der Waals surface area contributed by atoms with E-state index in [0.717, 1.165) is 11.1 Å². The molecule has 1 unspecified atom stereocenters. The maximum absolute atomic E-state index is 12.1. The van der Waals surface area contributed by atoms with Crippen molar-refractivity contribution in [2.45, 2.75) is 13.0 Å². The second kappa shape index (κ2) is 8.71. The van der Waals surface area contributed by atoms with E-state index in [0.29, 0.717) is 17.3 Å². The number of rotatable bonds is 7. The summed E-state index contributed by atoms with van der Waals surface area (Å²) in [6.45, 7) is 2.41. The Morgan fingerprint density at radius 1 is 1.21 bits per heavy atom. The number of benzene rings is 2. The van der Waals surface area contributed by atoms with E-state index in [4.69, 9.17) is 16.3 Å². The van der Waals surface area contributed by atoms with Gasteiger partial charge in [-0.3, -0.25) is 4.79 Å². The van der Waals surface area contributed by atoms with Crippen LogP contribution in [0.5, 0.6) is 5.75 Å². The Kier molecular flexibility index (Phi) is 6.64. The summed E-state index contributed by atoms with van der Waals surface area (Å²) in [5, 5.41) is 3.42. The first-order chi connectivity index (χ1) is 11.5. The van der Waals surface area contributed by atoms with Gasteiger partial charge in [-0.1, -0.05) is 48.0 Å². The van der Waals surface area contributed by atoms with Crippen LogP contribution in [-0.4, -0.2) is 38.1 Å². The number of halogens is 1. The molecule has 2 aromatic rings. The molecule has 0 spiro atoms. The zero-order valence-electron chi connectivity index (χ0n) is 14.3. The standard InChI is InChI=1S/C19H23ClN2O2/c1-14-9-10-16(20)18(11-14)24-13-19(23)21-12-17(22(2)3)15-7-5-4-6-8-15/h4-11,17H,12-13H2,1-3H3,(H,21,23). The Balaban J connectivity index is 1.88. The lowest BCUT2D eigenvalue weighted by Gasteiger charge is -2.25. The van der Waals surface area contributed by atoms with Gasteiger partial charge >= 0.3 is 0 Å². The summed E-state index contributed by atoms with van der Waals surface area (Å²) in [4.78, 5) is 14.2. The molecule has 0 aromatic heterocycles. The fourth-order valence-electron chi connectivity index (χ4n) is 2.40. The van der Waals surface area contributed by atoms with Crippen LogP contribution < -0.4 is 10.1 Å². The third-order valence-corrected chi connectivity index (χ3v) is 4.06. The molecule has 0 saturated heterocycles. The summed E-state index contributed by atoms with van der Waals surface area (Å²) in [5.74, 6) is 0.356. The van der Waals surface area contributed by atoms with E-state index in [9.17, 15) is 4.79 Å². The van der Waals surface area contributed by atoms with E-state index in [-0.39, 0.29) is 18.6 Å². The quantitative estimate of drug-likeness (QED) is 0.835. The molecule has 1 atom stereocenters. The average Bonchev–Trinajstić information content (AvgIpc) is 2.56. The predicted molar refractivity (Wildman–Crippen MR) is 97.6 cm³/mol. The summed E-state index contributed by atoms with van der Waals surface area (Å²) in [6.07, 6.45) is 0. The molecule has 0 aliphatic heterocycles. The van der Waals surface area contributed by atoms with Crippen molar-refractivity contribution in [3.8, 4) is 5.75 Å². The van der Waals surface area contributed by atoms with Gasteiger partial charge in [-0.2, -0.15) is 0 Å². The summed E-state index contributed by atoms with van der Waals surface area (Å²) >= 11 is 6.07.